The molecule has 2 rings (SSSR count). The van der Waals surface area contributed by atoms with E-state index < -0.39 is 9.05 Å². The summed E-state index contributed by atoms with van der Waals surface area (Å²) < 4.78 is 21.9. The number of amides is 1. The lowest BCUT2D eigenvalue weighted by atomic mass is 10.3. The highest BCUT2D eigenvalue weighted by atomic mass is 35.7. The van der Waals surface area contributed by atoms with E-state index >= 15 is 0 Å². The number of halogens is 1. The van der Waals surface area contributed by atoms with E-state index in [1.807, 2.05) is 0 Å². The maximum absolute atomic E-state index is 11.5. The fourth-order valence-corrected chi connectivity index (χ4v) is 3.01. The van der Waals surface area contributed by atoms with Gasteiger partial charge in [-0.1, -0.05) is 0 Å². The lowest BCUT2D eigenvalue weighted by molar-refractivity contribution is 0.0951. The fourth-order valence-electron chi connectivity index (χ4n) is 1.06. The molecule has 1 fully saturated rings. The molecule has 4 nitrogen and oxygen atoms in total. The first-order valence-corrected chi connectivity index (χ1v) is 7.50. The molecule has 82 valence electrons. The maximum atomic E-state index is 11.5. The number of nitrogens with one attached hydrogen (secondary N) is 1. The van der Waals surface area contributed by atoms with Crippen molar-refractivity contribution in [3.05, 3.63) is 17.0 Å². The van der Waals surface area contributed by atoms with Crippen LogP contribution in [0.4, 0.5) is 0 Å². The number of carbonyl (C=O) groups excluding carboxylic acids is 1. The van der Waals surface area contributed by atoms with Crippen LogP contribution < -0.4 is 5.32 Å². The minimum atomic E-state index is -3.72. The van der Waals surface area contributed by atoms with E-state index in [1.54, 1.807) is 0 Å². The molecule has 0 aliphatic heterocycles. The Kier molecular flexibility index (Phi) is 2.74. The SMILES string of the molecule is O=C(NC1CC1)c1csc(S(=O)(=O)Cl)c1. The van der Waals surface area contributed by atoms with Crippen LogP contribution in [0.25, 0.3) is 0 Å². The molecule has 0 radical (unpaired) electrons. The monoisotopic (exact) mass is 265 g/mol. The predicted molar refractivity (Wildman–Crippen MR) is 57.8 cm³/mol. The van der Waals surface area contributed by atoms with Crippen molar-refractivity contribution in [2.24, 2.45) is 0 Å². The quantitative estimate of drug-likeness (QED) is 0.844. The summed E-state index contributed by atoms with van der Waals surface area (Å²) in [5, 5.41) is 4.26. The Balaban J connectivity index is 2.15. The molecule has 1 aliphatic rings. The van der Waals surface area contributed by atoms with Crippen LogP contribution in [-0.2, 0) is 9.05 Å². The van der Waals surface area contributed by atoms with E-state index in [9.17, 15) is 13.2 Å². The van der Waals surface area contributed by atoms with Crippen molar-refractivity contribution in [1.29, 1.82) is 0 Å². The van der Waals surface area contributed by atoms with Crippen molar-refractivity contribution >= 4 is 37.0 Å². The molecule has 15 heavy (non-hydrogen) atoms. The van der Waals surface area contributed by atoms with Crippen molar-refractivity contribution < 1.29 is 13.2 Å². The van der Waals surface area contributed by atoms with Gasteiger partial charge in [0, 0.05) is 22.1 Å². The van der Waals surface area contributed by atoms with Gasteiger partial charge in [-0.3, -0.25) is 4.79 Å². The fraction of sp³-hybridized carbons (Fsp3) is 0.375. The molecule has 1 aromatic rings. The second-order valence-corrected chi connectivity index (χ2v) is 7.04. The van der Waals surface area contributed by atoms with Crippen molar-refractivity contribution in [2.45, 2.75) is 23.1 Å². The first-order chi connectivity index (χ1) is 6.97. The summed E-state index contributed by atoms with van der Waals surface area (Å²) in [6.07, 6.45) is 1.99. The number of hydrogen-bond acceptors (Lipinski definition) is 4. The zero-order chi connectivity index (χ0) is 11.1. The van der Waals surface area contributed by atoms with Crippen LogP contribution in [-0.4, -0.2) is 20.4 Å². The lowest BCUT2D eigenvalue weighted by Gasteiger charge is -1.98. The summed E-state index contributed by atoms with van der Waals surface area (Å²) in [6.45, 7) is 0. The highest BCUT2D eigenvalue weighted by molar-refractivity contribution is 8.15. The summed E-state index contributed by atoms with van der Waals surface area (Å²) >= 11 is 0.952. The molecule has 0 unspecified atom stereocenters. The molecule has 7 heteroatoms. The van der Waals surface area contributed by atoms with Crippen LogP contribution in [0.2, 0.25) is 0 Å². The van der Waals surface area contributed by atoms with E-state index in [2.05, 4.69) is 5.32 Å². The molecule has 1 aromatic heterocycles. The predicted octanol–water partition coefficient (Wildman–Crippen LogP) is 1.57. The molecule has 0 bridgehead atoms. The summed E-state index contributed by atoms with van der Waals surface area (Å²) in [7, 11) is 1.43. The van der Waals surface area contributed by atoms with Gasteiger partial charge in [0.15, 0.2) is 0 Å². The van der Waals surface area contributed by atoms with Crippen LogP contribution in [0.1, 0.15) is 23.2 Å². The van der Waals surface area contributed by atoms with Crippen LogP contribution in [0.15, 0.2) is 15.7 Å². The minimum Gasteiger partial charge on any atom is -0.349 e. The first kappa shape index (κ1) is 10.9. The summed E-state index contributed by atoms with van der Waals surface area (Å²) in [6, 6.07) is 1.55. The van der Waals surface area contributed by atoms with Gasteiger partial charge in [-0.15, -0.1) is 11.3 Å². The van der Waals surface area contributed by atoms with Crippen molar-refractivity contribution in [1.82, 2.24) is 5.32 Å². The topological polar surface area (TPSA) is 63.2 Å². The smallest absolute Gasteiger partial charge is 0.270 e. The van der Waals surface area contributed by atoms with Crippen LogP contribution in [0.3, 0.4) is 0 Å². The molecule has 0 saturated heterocycles. The standard InChI is InChI=1S/C8H8ClNO3S2/c9-15(12,13)7-3-5(4-14-7)8(11)10-6-1-2-6/h3-4,6H,1-2H2,(H,10,11). The Labute approximate surface area is 95.7 Å². The molecule has 1 N–H and O–H groups in total. The van der Waals surface area contributed by atoms with Gasteiger partial charge < -0.3 is 5.32 Å². The van der Waals surface area contributed by atoms with E-state index in [4.69, 9.17) is 10.7 Å². The Hall–Kier alpha value is -0.590. The number of thiophene rings is 1. The van der Waals surface area contributed by atoms with Gasteiger partial charge >= 0.3 is 0 Å². The zero-order valence-corrected chi connectivity index (χ0v) is 9.95. The summed E-state index contributed by atoms with van der Waals surface area (Å²) in [5.74, 6) is -0.236. The van der Waals surface area contributed by atoms with Gasteiger partial charge in [0.2, 0.25) is 0 Å². The molecule has 1 aliphatic carbocycles. The molecule has 1 heterocycles. The highest BCUT2D eigenvalue weighted by Crippen LogP contribution is 2.25. The molecular formula is C8H8ClNO3S2. The van der Waals surface area contributed by atoms with Gasteiger partial charge in [0.25, 0.3) is 15.0 Å². The number of carbonyl (C=O) groups is 1. The molecule has 1 saturated carbocycles. The minimum absolute atomic E-state index is 0.00473. The number of hydrogen-bond donors (Lipinski definition) is 1. The van der Waals surface area contributed by atoms with Gasteiger partial charge in [-0.05, 0) is 18.9 Å². The van der Waals surface area contributed by atoms with Crippen LogP contribution in [0, 0.1) is 0 Å². The largest absolute Gasteiger partial charge is 0.349 e. The lowest BCUT2D eigenvalue weighted by Crippen LogP contribution is -2.24. The third-order valence-corrected chi connectivity index (χ3v) is 5.03. The van der Waals surface area contributed by atoms with Crippen LogP contribution >= 0.6 is 22.0 Å². The number of rotatable bonds is 3. The third kappa shape index (κ3) is 2.70. The third-order valence-electron chi connectivity index (χ3n) is 1.99. The van der Waals surface area contributed by atoms with E-state index in [0.717, 1.165) is 24.2 Å². The Bertz CT molecular complexity index is 490. The molecule has 0 aromatic carbocycles. The zero-order valence-electron chi connectivity index (χ0n) is 7.57. The van der Waals surface area contributed by atoms with Gasteiger partial charge in [-0.2, -0.15) is 0 Å². The van der Waals surface area contributed by atoms with Crippen LogP contribution in [0.5, 0.6) is 0 Å². The Morgan fingerprint density at radius 1 is 1.53 bits per heavy atom. The van der Waals surface area contributed by atoms with E-state index in [1.165, 1.54) is 11.4 Å². The molecule has 1 amide bonds. The average Bonchev–Trinajstić information content (AvgIpc) is 2.80. The first-order valence-electron chi connectivity index (χ1n) is 4.31. The summed E-state index contributed by atoms with van der Waals surface area (Å²) in [4.78, 5) is 11.5. The van der Waals surface area contributed by atoms with Crippen molar-refractivity contribution in [3.8, 4) is 0 Å². The highest BCUT2D eigenvalue weighted by Gasteiger charge is 2.25. The second-order valence-electron chi connectivity index (χ2n) is 3.34. The maximum Gasteiger partial charge on any atom is 0.270 e. The van der Waals surface area contributed by atoms with E-state index in [-0.39, 0.29) is 16.2 Å². The molecule has 0 spiro atoms. The van der Waals surface area contributed by atoms with Crippen molar-refractivity contribution in [3.63, 3.8) is 0 Å². The molecule has 0 atom stereocenters. The summed E-state index contributed by atoms with van der Waals surface area (Å²) in [5.41, 5.74) is 0.353. The normalized spacial score (nSPS) is 16.3. The average molecular weight is 266 g/mol. The molecular weight excluding hydrogens is 258 g/mol. The van der Waals surface area contributed by atoms with Crippen molar-refractivity contribution in [2.75, 3.05) is 0 Å². The van der Waals surface area contributed by atoms with E-state index in [0.29, 0.717) is 5.56 Å². The Morgan fingerprint density at radius 3 is 2.67 bits per heavy atom. The second kappa shape index (κ2) is 3.77. The van der Waals surface area contributed by atoms with Gasteiger partial charge in [0.1, 0.15) is 4.21 Å². The van der Waals surface area contributed by atoms with Gasteiger partial charge in [-0.25, -0.2) is 8.42 Å². The Morgan fingerprint density at radius 2 is 2.20 bits per heavy atom. The van der Waals surface area contributed by atoms with Gasteiger partial charge in [0.05, 0.1) is 5.56 Å².